The van der Waals surface area contributed by atoms with Crippen LogP contribution in [-0.4, -0.2) is 25.4 Å². The van der Waals surface area contributed by atoms with Gasteiger partial charge in [0, 0.05) is 11.3 Å². The topological polar surface area (TPSA) is 35.5 Å². The van der Waals surface area contributed by atoms with E-state index in [0.29, 0.717) is 11.5 Å². The van der Waals surface area contributed by atoms with Gasteiger partial charge in [-0.05, 0) is 12.1 Å². The third kappa shape index (κ3) is 3.38. The van der Waals surface area contributed by atoms with E-state index in [2.05, 4.69) is 4.89 Å². The molecule has 0 aromatic carbocycles. The first-order valence-corrected chi connectivity index (χ1v) is 5.46. The van der Waals surface area contributed by atoms with Crippen molar-refractivity contribution in [3.63, 3.8) is 0 Å². The van der Waals surface area contributed by atoms with Crippen molar-refractivity contribution in [1.29, 1.82) is 0 Å². The number of alkyl halides is 1. The molecule has 3 nitrogen and oxygen atoms in total. The Kier molecular flexibility index (Phi) is 5.11. The summed E-state index contributed by atoms with van der Waals surface area (Å²) in [5.74, 6) is 0.00436. The van der Waals surface area contributed by atoms with Crippen LogP contribution in [0, 0.1) is 0 Å². The van der Waals surface area contributed by atoms with Gasteiger partial charge in [-0.3, -0.25) is 4.79 Å². The molecule has 0 spiro atoms. The lowest BCUT2D eigenvalue weighted by Crippen LogP contribution is -1.96. The van der Waals surface area contributed by atoms with Gasteiger partial charge in [0.05, 0.1) is 24.5 Å². The van der Waals surface area contributed by atoms with Crippen molar-refractivity contribution in [2.24, 2.45) is 0 Å². The lowest BCUT2D eigenvalue weighted by molar-refractivity contribution is -0.271. The lowest BCUT2D eigenvalue weighted by atomic mass is 10.3. The molecule has 0 bridgehead atoms. The molecular formula is C9H11ClO3S. The van der Waals surface area contributed by atoms with E-state index in [9.17, 15) is 4.79 Å². The van der Waals surface area contributed by atoms with E-state index in [-0.39, 0.29) is 11.7 Å². The summed E-state index contributed by atoms with van der Waals surface area (Å²) in [6.07, 6.45) is 0.744. The molecule has 1 aromatic rings. The van der Waals surface area contributed by atoms with Crippen LogP contribution < -0.4 is 0 Å². The zero-order chi connectivity index (χ0) is 10.4. The van der Waals surface area contributed by atoms with Gasteiger partial charge in [0.15, 0.2) is 5.78 Å². The van der Waals surface area contributed by atoms with Gasteiger partial charge in [0.1, 0.15) is 0 Å². The number of rotatable bonds is 6. The van der Waals surface area contributed by atoms with Crippen molar-refractivity contribution in [3.05, 3.63) is 21.9 Å². The summed E-state index contributed by atoms with van der Waals surface area (Å²) >= 11 is 6.88. The van der Waals surface area contributed by atoms with Gasteiger partial charge < -0.3 is 0 Å². The van der Waals surface area contributed by atoms with E-state index in [0.717, 1.165) is 11.3 Å². The number of Topliss-reactive ketones (excluding diaryl/α,β-unsaturated/α-hetero) is 1. The minimum Gasteiger partial charge on any atom is -0.292 e. The van der Waals surface area contributed by atoms with Gasteiger partial charge >= 0.3 is 0 Å². The van der Waals surface area contributed by atoms with Crippen molar-refractivity contribution >= 4 is 28.7 Å². The molecule has 0 unspecified atom stereocenters. The summed E-state index contributed by atoms with van der Waals surface area (Å²) in [6.45, 7) is 0.492. The fourth-order valence-electron chi connectivity index (χ4n) is 0.954. The highest BCUT2D eigenvalue weighted by Crippen LogP contribution is 2.18. The monoisotopic (exact) mass is 234 g/mol. The number of carbonyl (C=O) groups is 1. The molecule has 78 valence electrons. The van der Waals surface area contributed by atoms with Crippen LogP contribution >= 0.6 is 22.9 Å². The number of halogens is 1. The van der Waals surface area contributed by atoms with Crippen LogP contribution in [0.4, 0.5) is 0 Å². The molecule has 0 aliphatic rings. The van der Waals surface area contributed by atoms with Crippen LogP contribution in [0.25, 0.3) is 0 Å². The van der Waals surface area contributed by atoms with Crippen LogP contribution in [0.5, 0.6) is 0 Å². The molecule has 1 rings (SSSR count). The second kappa shape index (κ2) is 6.14. The Morgan fingerprint density at radius 3 is 3.00 bits per heavy atom. The second-order valence-corrected chi connectivity index (χ2v) is 4.00. The molecule has 0 atom stereocenters. The van der Waals surface area contributed by atoms with Crippen LogP contribution in [0.1, 0.15) is 14.5 Å². The first kappa shape index (κ1) is 11.7. The summed E-state index contributed by atoms with van der Waals surface area (Å²) in [6, 6.07) is 3.70. The Morgan fingerprint density at radius 2 is 2.36 bits per heavy atom. The van der Waals surface area contributed by atoms with E-state index in [4.69, 9.17) is 16.5 Å². The summed E-state index contributed by atoms with van der Waals surface area (Å²) in [7, 11) is 1.47. The highest BCUT2D eigenvalue weighted by molar-refractivity contribution is 7.14. The fourth-order valence-corrected chi connectivity index (χ4v) is 2.10. The van der Waals surface area contributed by atoms with Crippen LogP contribution in [0.15, 0.2) is 12.1 Å². The molecule has 14 heavy (non-hydrogen) atoms. The van der Waals surface area contributed by atoms with Gasteiger partial charge in [-0.2, -0.15) is 0 Å². The van der Waals surface area contributed by atoms with Crippen LogP contribution in [-0.2, 0) is 16.2 Å². The molecular weight excluding hydrogens is 224 g/mol. The predicted molar refractivity (Wildman–Crippen MR) is 56.0 cm³/mol. The Labute approximate surface area is 91.5 Å². The molecule has 0 N–H and O–H groups in total. The molecule has 1 aromatic heterocycles. The van der Waals surface area contributed by atoms with E-state index < -0.39 is 0 Å². The van der Waals surface area contributed by atoms with Crippen LogP contribution in [0.2, 0.25) is 0 Å². The Bertz CT molecular complexity index is 298. The first-order chi connectivity index (χ1) is 6.77. The summed E-state index contributed by atoms with van der Waals surface area (Å²) in [5, 5.41) is 0. The van der Waals surface area contributed by atoms with E-state index in [1.165, 1.54) is 18.4 Å². The van der Waals surface area contributed by atoms with Crippen LogP contribution in [0.3, 0.4) is 0 Å². The quantitative estimate of drug-likeness (QED) is 0.249. The molecule has 0 radical (unpaired) electrons. The molecule has 0 saturated carbocycles. The lowest BCUT2D eigenvalue weighted by Gasteiger charge is -1.96. The van der Waals surface area contributed by atoms with Crippen molar-refractivity contribution in [2.45, 2.75) is 6.42 Å². The SMILES string of the molecule is COOCCc1ccc(C(=O)CCl)s1. The molecule has 0 aliphatic heterocycles. The van der Waals surface area contributed by atoms with Crippen molar-refractivity contribution < 1.29 is 14.6 Å². The highest BCUT2D eigenvalue weighted by atomic mass is 35.5. The van der Waals surface area contributed by atoms with Gasteiger partial charge in [-0.15, -0.1) is 22.9 Å². The molecule has 0 aliphatic carbocycles. The largest absolute Gasteiger partial charge is 0.292 e. The van der Waals surface area contributed by atoms with Crippen molar-refractivity contribution in [2.75, 3.05) is 19.6 Å². The predicted octanol–water partition coefficient (Wildman–Crippen LogP) is 2.29. The number of thiophene rings is 1. The average Bonchev–Trinajstić information content (AvgIpc) is 2.66. The molecule has 0 saturated heterocycles. The maximum atomic E-state index is 11.2. The molecule has 5 heteroatoms. The summed E-state index contributed by atoms with van der Waals surface area (Å²) in [4.78, 5) is 22.2. The standard InChI is InChI=1S/C9H11ClO3S/c1-12-13-5-4-7-2-3-9(14-7)8(11)6-10/h2-3H,4-6H2,1H3. The molecule has 0 fully saturated rings. The maximum absolute atomic E-state index is 11.2. The van der Waals surface area contributed by atoms with Crippen molar-refractivity contribution in [3.8, 4) is 0 Å². The number of hydrogen-bond donors (Lipinski definition) is 0. The first-order valence-electron chi connectivity index (χ1n) is 4.11. The van der Waals surface area contributed by atoms with Gasteiger partial charge in [-0.25, -0.2) is 9.78 Å². The Morgan fingerprint density at radius 1 is 1.57 bits per heavy atom. The fraction of sp³-hybridized carbons (Fsp3) is 0.444. The zero-order valence-corrected chi connectivity index (χ0v) is 9.36. The van der Waals surface area contributed by atoms with E-state index in [1.807, 2.05) is 6.07 Å². The zero-order valence-electron chi connectivity index (χ0n) is 7.79. The normalized spacial score (nSPS) is 10.4. The minimum atomic E-state index is -0.0319. The minimum absolute atomic E-state index is 0.0319. The van der Waals surface area contributed by atoms with Gasteiger partial charge in [0.25, 0.3) is 0 Å². The second-order valence-electron chi connectivity index (χ2n) is 2.56. The number of ketones is 1. The third-order valence-electron chi connectivity index (χ3n) is 1.61. The number of carbonyl (C=O) groups excluding carboxylic acids is 1. The Hall–Kier alpha value is -0.420. The molecule has 0 amide bonds. The van der Waals surface area contributed by atoms with Gasteiger partial charge in [-0.1, -0.05) is 0 Å². The van der Waals surface area contributed by atoms with Crippen molar-refractivity contribution in [1.82, 2.24) is 0 Å². The van der Waals surface area contributed by atoms with E-state index in [1.54, 1.807) is 6.07 Å². The Balaban J connectivity index is 2.46. The third-order valence-corrected chi connectivity index (χ3v) is 3.04. The average molecular weight is 235 g/mol. The molecule has 1 heterocycles. The maximum Gasteiger partial charge on any atom is 0.187 e. The summed E-state index contributed by atoms with van der Waals surface area (Å²) in [5.41, 5.74) is 0. The highest BCUT2D eigenvalue weighted by Gasteiger charge is 2.07. The smallest absolute Gasteiger partial charge is 0.187 e. The van der Waals surface area contributed by atoms with E-state index >= 15 is 0 Å². The number of hydrogen-bond acceptors (Lipinski definition) is 4. The van der Waals surface area contributed by atoms with Gasteiger partial charge in [0.2, 0.25) is 0 Å². The summed E-state index contributed by atoms with van der Waals surface area (Å²) < 4.78 is 0.